The van der Waals surface area contributed by atoms with Gasteiger partial charge < -0.3 is 4.74 Å². The van der Waals surface area contributed by atoms with E-state index in [2.05, 4.69) is 0 Å². The highest BCUT2D eigenvalue weighted by Crippen LogP contribution is 2.10. The van der Waals surface area contributed by atoms with Crippen LogP contribution in [-0.2, 0) is 16.0 Å². The van der Waals surface area contributed by atoms with Gasteiger partial charge in [-0.15, -0.1) is 0 Å². The number of ether oxygens (including phenoxy) is 1. The molecular formula is C8H13N2O2S+. The van der Waals surface area contributed by atoms with Crippen molar-refractivity contribution < 1.29 is 14.2 Å². The molecule has 5 heteroatoms. The molecule has 0 saturated carbocycles. The van der Waals surface area contributed by atoms with Gasteiger partial charge in [0.25, 0.3) is 5.51 Å². The van der Waals surface area contributed by atoms with Crippen molar-refractivity contribution in [3.63, 3.8) is 0 Å². The lowest BCUT2D eigenvalue weighted by Crippen LogP contribution is -2.44. The van der Waals surface area contributed by atoms with Crippen molar-refractivity contribution >= 4 is 17.3 Å². The van der Waals surface area contributed by atoms with Crippen molar-refractivity contribution in [2.75, 3.05) is 12.4 Å². The molecule has 13 heavy (non-hydrogen) atoms. The number of carbonyl (C=O) groups excluding carboxylic acids is 1. The minimum absolute atomic E-state index is 0.241. The summed E-state index contributed by atoms with van der Waals surface area (Å²) in [5, 5.41) is 0. The molecule has 0 aliphatic rings. The third-order valence-electron chi connectivity index (χ3n) is 1.73. The molecule has 0 aromatic carbocycles. The molecule has 72 valence electrons. The zero-order chi connectivity index (χ0) is 9.84. The molecule has 0 bridgehead atoms. The molecule has 1 rings (SSSR count). The molecule has 0 unspecified atom stereocenters. The monoisotopic (exact) mass is 201 g/mol. The smallest absolute Gasteiger partial charge is 0.302 e. The van der Waals surface area contributed by atoms with Gasteiger partial charge >= 0.3 is 5.97 Å². The Morgan fingerprint density at radius 2 is 2.46 bits per heavy atom. The van der Waals surface area contributed by atoms with Gasteiger partial charge in [0.15, 0.2) is 0 Å². The average molecular weight is 201 g/mol. The fourth-order valence-electron chi connectivity index (χ4n) is 0.956. The Morgan fingerprint density at radius 3 is 2.92 bits per heavy atom. The topological polar surface area (TPSA) is 56.2 Å². The van der Waals surface area contributed by atoms with E-state index in [0.717, 1.165) is 17.0 Å². The molecular weight excluding hydrogens is 188 g/mol. The zero-order valence-electron chi connectivity index (χ0n) is 7.74. The molecule has 0 radical (unpaired) electrons. The van der Waals surface area contributed by atoms with Crippen molar-refractivity contribution in [1.29, 1.82) is 0 Å². The van der Waals surface area contributed by atoms with Crippen LogP contribution in [0.4, 0.5) is 0 Å². The van der Waals surface area contributed by atoms with Gasteiger partial charge in [-0.2, -0.15) is 0 Å². The number of rotatable bonds is 3. The van der Waals surface area contributed by atoms with Crippen molar-refractivity contribution in [2.45, 2.75) is 20.3 Å². The minimum Gasteiger partial charge on any atom is -0.465 e. The number of carbonyl (C=O) groups is 1. The Morgan fingerprint density at radius 1 is 1.77 bits per heavy atom. The number of esters is 1. The molecule has 0 atom stereocenters. The Kier molecular flexibility index (Phi) is 3.25. The first-order chi connectivity index (χ1) is 6.11. The lowest BCUT2D eigenvalue weighted by Gasteiger charge is -1.98. The van der Waals surface area contributed by atoms with Gasteiger partial charge in [-0.25, -0.2) is 5.84 Å². The molecule has 0 saturated heterocycles. The number of hydrogen-bond acceptors (Lipinski definition) is 4. The van der Waals surface area contributed by atoms with Crippen LogP contribution in [-0.4, -0.2) is 12.6 Å². The summed E-state index contributed by atoms with van der Waals surface area (Å²) in [7, 11) is 0. The molecule has 1 aromatic rings. The predicted molar refractivity (Wildman–Crippen MR) is 49.7 cm³/mol. The Bertz CT molecular complexity index is 309. The van der Waals surface area contributed by atoms with E-state index in [0.29, 0.717) is 6.61 Å². The van der Waals surface area contributed by atoms with E-state index in [1.54, 1.807) is 16.0 Å². The van der Waals surface area contributed by atoms with Crippen molar-refractivity contribution in [1.82, 2.24) is 0 Å². The maximum Gasteiger partial charge on any atom is 0.302 e. The quantitative estimate of drug-likeness (QED) is 0.430. The van der Waals surface area contributed by atoms with Gasteiger partial charge in [0.05, 0.1) is 11.5 Å². The SMILES string of the molecule is CC(=O)OCCc1sc[n+](N)c1C. The van der Waals surface area contributed by atoms with Gasteiger partial charge in [-0.1, -0.05) is 16.0 Å². The lowest BCUT2D eigenvalue weighted by atomic mass is 10.3. The van der Waals surface area contributed by atoms with Crippen LogP contribution in [0.3, 0.4) is 0 Å². The van der Waals surface area contributed by atoms with Crippen LogP contribution in [0, 0.1) is 6.92 Å². The minimum atomic E-state index is -0.241. The van der Waals surface area contributed by atoms with Crippen LogP contribution >= 0.6 is 11.3 Å². The molecule has 0 aliphatic heterocycles. The van der Waals surface area contributed by atoms with Crippen LogP contribution in [0.1, 0.15) is 17.5 Å². The summed E-state index contributed by atoms with van der Waals surface area (Å²) in [5.74, 6) is 5.35. The number of thiazole rings is 1. The molecule has 0 spiro atoms. The van der Waals surface area contributed by atoms with Gasteiger partial charge in [0.2, 0.25) is 5.69 Å². The zero-order valence-corrected chi connectivity index (χ0v) is 8.56. The van der Waals surface area contributed by atoms with Gasteiger partial charge in [-0.3, -0.25) is 4.79 Å². The standard InChI is InChI=1S/C8H13N2O2S/c1-6-8(13-5-10(6)9)3-4-12-7(2)11/h5H,3-4,9H2,1-2H3/q+1. The Hall–Kier alpha value is -1.10. The second kappa shape index (κ2) is 4.23. The normalized spacial score (nSPS) is 10.0. The van der Waals surface area contributed by atoms with Crippen molar-refractivity contribution in [2.24, 2.45) is 0 Å². The Balaban J connectivity index is 2.45. The van der Waals surface area contributed by atoms with E-state index in [4.69, 9.17) is 10.6 Å². The van der Waals surface area contributed by atoms with E-state index in [1.165, 1.54) is 6.92 Å². The van der Waals surface area contributed by atoms with Crippen molar-refractivity contribution in [3.8, 4) is 0 Å². The van der Waals surface area contributed by atoms with E-state index in [-0.39, 0.29) is 5.97 Å². The second-order valence-corrected chi connectivity index (χ2v) is 3.67. The van der Waals surface area contributed by atoms with Gasteiger partial charge in [0, 0.05) is 20.3 Å². The highest BCUT2D eigenvalue weighted by molar-refractivity contribution is 7.09. The third-order valence-corrected chi connectivity index (χ3v) is 2.85. The number of nitrogen functional groups attached to an aromatic ring is 1. The van der Waals surface area contributed by atoms with E-state index in [1.807, 2.05) is 12.4 Å². The second-order valence-electron chi connectivity index (χ2n) is 2.73. The number of aromatic nitrogens is 1. The van der Waals surface area contributed by atoms with Crippen LogP contribution in [0.2, 0.25) is 0 Å². The number of hydrogen-bond donors (Lipinski definition) is 1. The molecule has 1 heterocycles. The molecule has 2 N–H and O–H groups in total. The Labute approximate surface area is 80.9 Å². The molecule has 0 fully saturated rings. The van der Waals surface area contributed by atoms with E-state index in [9.17, 15) is 4.79 Å². The first kappa shape index (κ1) is 9.98. The van der Waals surface area contributed by atoms with E-state index < -0.39 is 0 Å². The highest BCUT2D eigenvalue weighted by atomic mass is 32.1. The van der Waals surface area contributed by atoms with Crippen LogP contribution < -0.4 is 10.5 Å². The first-order valence-corrected chi connectivity index (χ1v) is 4.86. The largest absolute Gasteiger partial charge is 0.465 e. The molecule has 1 aromatic heterocycles. The maximum atomic E-state index is 10.5. The summed E-state index contributed by atoms with van der Waals surface area (Å²) in [6.07, 6.45) is 0.736. The van der Waals surface area contributed by atoms with E-state index >= 15 is 0 Å². The van der Waals surface area contributed by atoms with Gasteiger partial charge in [0.1, 0.15) is 0 Å². The summed E-state index contributed by atoms with van der Waals surface area (Å²) < 4.78 is 6.40. The average Bonchev–Trinajstić information content (AvgIpc) is 2.35. The van der Waals surface area contributed by atoms with Gasteiger partial charge in [-0.05, 0) is 0 Å². The van der Waals surface area contributed by atoms with Crippen LogP contribution in [0.15, 0.2) is 5.51 Å². The summed E-state index contributed by atoms with van der Waals surface area (Å²) in [5.41, 5.74) is 2.86. The number of nitrogens with zero attached hydrogens (tertiary/aromatic N) is 1. The number of nitrogens with two attached hydrogens (primary N) is 1. The lowest BCUT2D eigenvalue weighted by molar-refractivity contribution is -0.640. The maximum absolute atomic E-state index is 10.5. The molecule has 0 aliphatic carbocycles. The fraction of sp³-hybridized carbons (Fsp3) is 0.500. The van der Waals surface area contributed by atoms with Crippen LogP contribution in [0.5, 0.6) is 0 Å². The van der Waals surface area contributed by atoms with Crippen LogP contribution in [0.25, 0.3) is 0 Å². The molecule has 4 nitrogen and oxygen atoms in total. The summed E-state index contributed by atoms with van der Waals surface area (Å²) >= 11 is 1.57. The molecule has 0 amide bonds. The fourth-order valence-corrected chi connectivity index (χ4v) is 1.83. The summed E-state index contributed by atoms with van der Waals surface area (Å²) in [4.78, 5) is 11.6. The highest BCUT2D eigenvalue weighted by Gasteiger charge is 2.12. The first-order valence-electron chi connectivity index (χ1n) is 3.98. The summed E-state index contributed by atoms with van der Waals surface area (Å²) in [6, 6.07) is 0. The third kappa shape index (κ3) is 2.69. The van der Waals surface area contributed by atoms with Crippen molar-refractivity contribution in [3.05, 3.63) is 16.1 Å². The predicted octanol–water partition coefficient (Wildman–Crippen LogP) is 0.163. The summed E-state index contributed by atoms with van der Waals surface area (Å²) in [6.45, 7) is 3.78.